The van der Waals surface area contributed by atoms with Crippen LogP contribution in [0.4, 0.5) is 14.5 Å². The van der Waals surface area contributed by atoms with Gasteiger partial charge in [0.15, 0.2) is 0 Å². The fourth-order valence-electron chi connectivity index (χ4n) is 1.62. The van der Waals surface area contributed by atoms with Crippen LogP contribution >= 0.6 is 0 Å². The molecule has 1 N–H and O–H groups in total. The van der Waals surface area contributed by atoms with Crippen molar-refractivity contribution in [2.75, 3.05) is 4.72 Å². The molecule has 7 heteroatoms. The summed E-state index contributed by atoms with van der Waals surface area (Å²) in [5, 5.41) is 8.87. The van der Waals surface area contributed by atoms with Crippen LogP contribution in [0.2, 0.25) is 0 Å². The number of sulfonamides is 1. The van der Waals surface area contributed by atoms with Crippen LogP contribution in [-0.4, -0.2) is 8.42 Å². The molecular weight excluding hydrogens is 286 g/mol. The first-order valence-corrected chi connectivity index (χ1v) is 6.89. The number of halogens is 2. The lowest BCUT2D eigenvalue weighted by Crippen LogP contribution is -2.14. The van der Waals surface area contributed by atoms with E-state index >= 15 is 0 Å². The van der Waals surface area contributed by atoms with Gasteiger partial charge in [-0.25, -0.2) is 17.2 Å². The molecule has 2 rings (SSSR count). The topological polar surface area (TPSA) is 70.0 Å². The van der Waals surface area contributed by atoms with Gasteiger partial charge in [0.25, 0.3) is 10.0 Å². The van der Waals surface area contributed by atoms with Crippen LogP contribution in [0.25, 0.3) is 0 Å². The maximum absolute atomic E-state index is 13.0. The molecule has 0 bridgehead atoms. The highest BCUT2D eigenvalue weighted by Crippen LogP contribution is 2.20. The van der Waals surface area contributed by atoms with Crippen LogP contribution in [0, 0.1) is 23.0 Å². The summed E-state index contributed by atoms with van der Waals surface area (Å²) >= 11 is 0. The molecule has 4 nitrogen and oxygen atoms in total. The van der Waals surface area contributed by atoms with Crippen molar-refractivity contribution in [3.05, 3.63) is 59.7 Å². The monoisotopic (exact) mass is 294 g/mol. The summed E-state index contributed by atoms with van der Waals surface area (Å²) in [5.74, 6) is -1.81. The molecule has 0 saturated carbocycles. The van der Waals surface area contributed by atoms with Gasteiger partial charge in [0.1, 0.15) is 22.6 Å². The van der Waals surface area contributed by atoms with E-state index in [-0.39, 0.29) is 16.1 Å². The molecule has 2 aromatic carbocycles. The Hall–Kier alpha value is -2.46. The number of nitriles is 1. The van der Waals surface area contributed by atoms with Crippen LogP contribution in [0.5, 0.6) is 0 Å². The summed E-state index contributed by atoms with van der Waals surface area (Å²) in [6.07, 6.45) is 0. The molecule has 0 aliphatic rings. The Morgan fingerprint density at radius 3 is 2.25 bits per heavy atom. The summed E-state index contributed by atoms with van der Waals surface area (Å²) in [6, 6.07) is 9.58. The maximum Gasteiger partial charge on any atom is 0.263 e. The van der Waals surface area contributed by atoms with Crippen LogP contribution in [0.1, 0.15) is 5.56 Å². The van der Waals surface area contributed by atoms with Gasteiger partial charge in [-0.1, -0.05) is 12.1 Å². The lowest BCUT2D eigenvalue weighted by Gasteiger charge is -2.09. The molecule has 0 fully saturated rings. The van der Waals surface area contributed by atoms with E-state index < -0.39 is 21.7 Å². The van der Waals surface area contributed by atoms with Gasteiger partial charge < -0.3 is 0 Å². The van der Waals surface area contributed by atoms with Gasteiger partial charge in [0.2, 0.25) is 0 Å². The molecular formula is C13H8F2N2O2S. The fraction of sp³-hybridized carbons (Fsp3) is 0. The van der Waals surface area contributed by atoms with Crippen molar-refractivity contribution in [3.63, 3.8) is 0 Å². The molecule has 0 aliphatic carbocycles. The van der Waals surface area contributed by atoms with Gasteiger partial charge in [0, 0.05) is 6.07 Å². The van der Waals surface area contributed by atoms with E-state index in [1.165, 1.54) is 24.3 Å². The molecule has 0 spiro atoms. The Labute approximate surface area is 114 Å². The van der Waals surface area contributed by atoms with E-state index in [9.17, 15) is 17.2 Å². The highest BCUT2D eigenvalue weighted by Gasteiger charge is 2.18. The minimum Gasteiger partial charge on any atom is -0.279 e. The average Bonchev–Trinajstić information content (AvgIpc) is 2.36. The zero-order chi connectivity index (χ0) is 14.8. The summed E-state index contributed by atoms with van der Waals surface area (Å²) in [5.41, 5.74) is -0.313. The highest BCUT2D eigenvalue weighted by atomic mass is 32.2. The van der Waals surface area contributed by atoms with Crippen molar-refractivity contribution >= 4 is 15.7 Å². The average molecular weight is 294 g/mol. The Morgan fingerprint density at radius 1 is 1.05 bits per heavy atom. The van der Waals surface area contributed by atoms with E-state index in [4.69, 9.17) is 5.26 Å². The normalized spacial score (nSPS) is 10.8. The van der Waals surface area contributed by atoms with E-state index in [1.807, 2.05) is 4.72 Å². The lowest BCUT2D eigenvalue weighted by molar-refractivity contribution is 0.584. The standard InChI is InChI=1S/C13H8F2N2O2S/c14-10-5-11(15)7-12(6-10)17-20(18,19)13-4-2-1-3-9(13)8-16/h1-7,17H. The van der Waals surface area contributed by atoms with E-state index in [0.717, 1.165) is 12.1 Å². The fourth-order valence-corrected chi connectivity index (χ4v) is 2.82. The number of rotatable bonds is 3. The number of hydrogen-bond donors (Lipinski definition) is 1. The maximum atomic E-state index is 13.0. The van der Waals surface area contributed by atoms with Crippen molar-refractivity contribution in [1.29, 1.82) is 5.26 Å². The number of anilines is 1. The van der Waals surface area contributed by atoms with Gasteiger partial charge in [-0.2, -0.15) is 5.26 Å². The molecule has 2 aromatic rings. The van der Waals surface area contributed by atoms with Gasteiger partial charge >= 0.3 is 0 Å². The number of nitrogens with zero attached hydrogens (tertiary/aromatic N) is 1. The molecule has 0 saturated heterocycles. The summed E-state index contributed by atoms with van der Waals surface area (Å²) in [7, 11) is -4.10. The van der Waals surface area contributed by atoms with Crippen molar-refractivity contribution in [1.82, 2.24) is 0 Å². The van der Waals surface area contributed by atoms with E-state index in [0.29, 0.717) is 6.07 Å². The van der Waals surface area contributed by atoms with Crippen molar-refractivity contribution in [2.24, 2.45) is 0 Å². The predicted octanol–water partition coefficient (Wildman–Crippen LogP) is 2.64. The first kappa shape index (κ1) is 14.0. The van der Waals surface area contributed by atoms with E-state index in [1.54, 1.807) is 6.07 Å². The van der Waals surface area contributed by atoms with Gasteiger partial charge in [-0.15, -0.1) is 0 Å². The van der Waals surface area contributed by atoms with Gasteiger partial charge in [-0.3, -0.25) is 4.72 Å². The lowest BCUT2D eigenvalue weighted by atomic mass is 10.2. The smallest absolute Gasteiger partial charge is 0.263 e. The third kappa shape index (κ3) is 2.92. The third-order valence-corrected chi connectivity index (χ3v) is 3.85. The molecule has 0 atom stereocenters. The second-order valence-electron chi connectivity index (χ2n) is 3.87. The molecule has 0 radical (unpaired) electrons. The van der Waals surface area contributed by atoms with Crippen molar-refractivity contribution in [3.8, 4) is 6.07 Å². The molecule has 0 unspecified atom stereocenters. The second kappa shape index (κ2) is 5.27. The Balaban J connectivity index is 2.44. The van der Waals surface area contributed by atoms with E-state index in [2.05, 4.69) is 0 Å². The molecule has 0 aromatic heterocycles. The minimum atomic E-state index is -4.10. The van der Waals surface area contributed by atoms with Crippen LogP contribution in [0.3, 0.4) is 0 Å². The minimum absolute atomic E-state index is 0.0584. The van der Waals surface area contributed by atoms with Gasteiger partial charge in [-0.05, 0) is 24.3 Å². The van der Waals surface area contributed by atoms with Crippen molar-refractivity contribution < 1.29 is 17.2 Å². The molecule has 102 valence electrons. The highest BCUT2D eigenvalue weighted by molar-refractivity contribution is 7.92. The zero-order valence-electron chi connectivity index (χ0n) is 9.97. The van der Waals surface area contributed by atoms with Crippen LogP contribution in [-0.2, 0) is 10.0 Å². The molecule has 0 aliphatic heterocycles. The first-order chi connectivity index (χ1) is 9.42. The largest absolute Gasteiger partial charge is 0.279 e. The predicted molar refractivity (Wildman–Crippen MR) is 68.3 cm³/mol. The third-order valence-electron chi connectivity index (χ3n) is 2.41. The SMILES string of the molecule is N#Cc1ccccc1S(=O)(=O)Nc1cc(F)cc(F)c1. The quantitative estimate of drug-likeness (QED) is 0.946. The Kier molecular flexibility index (Phi) is 3.68. The zero-order valence-corrected chi connectivity index (χ0v) is 10.8. The van der Waals surface area contributed by atoms with Crippen LogP contribution < -0.4 is 4.72 Å². The second-order valence-corrected chi connectivity index (χ2v) is 5.52. The van der Waals surface area contributed by atoms with Crippen LogP contribution in [0.15, 0.2) is 47.4 Å². The van der Waals surface area contributed by atoms with Gasteiger partial charge in [0.05, 0.1) is 11.3 Å². The summed E-state index contributed by atoms with van der Waals surface area (Å²) in [4.78, 5) is -0.257. The summed E-state index contributed by atoms with van der Waals surface area (Å²) < 4.78 is 52.3. The molecule has 20 heavy (non-hydrogen) atoms. The summed E-state index contributed by atoms with van der Waals surface area (Å²) in [6.45, 7) is 0. The van der Waals surface area contributed by atoms with Crippen molar-refractivity contribution in [2.45, 2.75) is 4.90 Å². The Morgan fingerprint density at radius 2 is 1.65 bits per heavy atom. The number of hydrogen-bond acceptors (Lipinski definition) is 3. The molecule has 0 heterocycles. The number of benzene rings is 2. The molecule has 0 amide bonds. The first-order valence-electron chi connectivity index (χ1n) is 5.40. The number of nitrogens with one attached hydrogen (secondary N) is 1. The Bertz CT molecular complexity index is 778.